The smallest absolute Gasteiger partial charge is 0.129 e. The van der Waals surface area contributed by atoms with Crippen LogP contribution in [0, 0.1) is 0 Å². The molecule has 0 aromatic carbocycles. The van der Waals surface area contributed by atoms with Gasteiger partial charge in [0.15, 0.2) is 0 Å². The Morgan fingerprint density at radius 3 is 3.12 bits per heavy atom. The van der Waals surface area contributed by atoms with E-state index in [0.29, 0.717) is 11.1 Å². The van der Waals surface area contributed by atoms with Crippen LogP contribution in [0.2, 0.25) is 5.15 Å². The number of aromatic nitrogens is 2. The number of hydrogen-bond donors (Lipinski definition) is 1. The molecular weight excluding hydrogens is 234 g/mol. The quantitative estimate of drug-likeness (QED) is 0.788. The third-order valence-corrected chi connectivity index (χ3v) is 3.54. The summed E-state index contributed by atoms with van der Waals surface area (Å²) in [5, 5.41) is 6.22. The highest BCUT2D eigenvalue weighted by atomic mass is 35.5. The molecule has 4 heteroatoms. The van der Waals surface area contributed by atoms with Gasteiger partial charge in [0.2, 0.25) is 0 Å². The molecule has 3 rings (SSSR count). The Kier molecular flexibility index (Phi) is 2.95. The van der Waals surface area contributed by atoms with E-state index >= 15 is 0 Å². The van der Waals surface area contributed by atoms with Gasteiger partial charge in [-0.3, -0.25) is 4.98 Å². The molecule has 1 unspecified atom stereocenters. The monoisotopic (exact) mass is 247 g/mol. The summed E-state index contributed by atoms with van der Waals surface area (Å²) in [5.74, 6) is 0.492. The van der Waals surface area contributed by atoms with Crippen LogP contribution in [0.3, 0.4) is 0 Å². The number of nitrogens with zero attached hydrogens (tertiary/aromatic N) is 2. The highest BCUT2D eigenvalue weighted by Gasteiger charge is 2.18. The van der Waals surface area contributed by atoms with E-state index < -0.39 is 0 Å². The van der Waals surface area contributed by atoms with Gasteiger partial charge in [0.1, 0.15) is 5.15 Å². The molecule has 0 radical (unpaired) electrons. The third-order valence-electron chi connectivity index (χ3n) is 3.33. The summed E-state index contributed by atoms with van der Waals surface area (Å²) in [6.07, 6.45) is 6.08. The van der Waals surface area contributed by atoms with Crippen LogP contribution >= 0.6 is 11.6 Å². The number of fused-ring (bicyclic) bond motifs is 1. The van der Waals surface area contributed by atoms with Crippen molar-refractivity contribution in [1.29, 1.82) is 0 Å². The Hall–Kier alpha value is -1.19. The van der Waals surface area contributed by atoms with Gasteiger partial charge in [-0.25, -0.2) is 4.98 Å². The van der Waals surface area contributed by atoms with Gasteiger partial charge in [-0.05, 0) is 31.5 Å². The number of pyridine rings is 2. The van der Waals surface area contributed by atoms with E-state index in [-0.39, 0.29) is 0 Å². The SMILES string of the molecule is Clc1cc2c(C3CCCNC3)nccc2cn1. The van der Waals surface area contributed by atoms with Crippen LogP contribution in [0.1, 0.15) is 24.5 Å². The van der Waals surface area contributed by atoms with Crippen LogP contribution in [0.4, 0.5) is 0 Å². The predicted octanol–water partition coefficient (Wildman–Crippen LogP) is 2.75. The molecule has 88 valence electrons. The number of hydrogen-bond acceptors (Lipinski definition) is 3. The predicted molar refractivity (Wildman–Crippen MR) is 69.4 cm³/mol. The van der Waals surface area contributed by atoms with Gasteiger partial charge in [0.05, 0.1) is 5.69 Å². The lowest BCUT2D eigenvalue weighted by Gasteiger charge is -2.23. The normalized spacial score (nSPS) is 20.6. The standard InChI is InChI=1S/C13H14ClN3/c14-12-6-11-9(8-17-12)3-5-16-13(11)10-2-1-4-15-7-10/h3,5-6,8,10,15H,1-2,4,7H2. The summed E-state index contributed by atoms with van der Waals surface area (Å²) in [6, 6.07) is 3.91. The van der Waals surface area contributed by atoms with Gasteiger partial charge in [-0.15, -0.1) is 0 Å². The zero-order valence-electron chi connectivity index (χ0n) is 9.49. The molecule has 17 heavy (non-hydrogen) atoms. The lowest BCUT2D eigenvalue weighted by atomic mass is 9.93. The number of halogens is 1. The van der Waals surface area contributed by atoms with Gasteiger partial charge < -0.3 is 5.32 Å². The molecule has 3 nitrogen and oxygen atoms in total. The maximum absolute atomic E-state index is 5.98. The molecule has 0 spiro atoms. The van der Waals surface area contributed by atoms with Crippen molar-refractivity contribution in [3.05, 3.63) is 35.4 Å². The molecule has 2 aromatic heterocycles. The summed E-state index contributed by atoms with van der Waals surface area (Å²) in [4.78, 5) is 8.66. The molecule has 0 aliphatic carbocycles. The van der Waals surface area contributed by atoms with Crippen LogP contribution in [0.25, 0.3) is 10.8 Å². The molecule has 0 bridgehead atoms. The Bertz CT molecular complexity index is 535. The average Bonchev–Trinajstić information content (AvgIpc) is 2.39. The molecule has 1 saturated heterocycles. The van der Waals surface area contributed by atoms with Gasteiger partial charge in [0, 0.05) is 35.6 Å². The highest BCUT2D eigenvalue weighted by Crippen LogP contribution is 2.28. The second kappa shape index (κ2) is 4.59. The lowest BCUT2D eigenvalue weighted by Crippen LogP contribution is -2.28. The zero-order valence-corrected chi connectivity index (χ0v) is 10.2. The topological polar surface area (TPSA) is 37.8 Å². The first-order valence-corrected chi connectivity index (χ1v) is 6.33. The van der Waals surface area contributed by atoms with Gasteiger partial charge >= 0.3 is 0 Å². The van der Waals surface area contributed by atoms with Crippen molar-refractivity contribution in [3.8, 4) is 0 Å². The molecule has 0 saturated carbocycles. The largest absolute Gasteiger partial charge is 0.316 e. The zero-order chi connectivity index (χ0) is 11.7. The lowest BCUT2D eigenvalue weighted by molar-refractivity contribution is 0.457. The van der Waals surface area contributed by atoms with Crippen molar-refractivity contribution in [2.24, 2.45) is 0 Å². The Balaban J connectivity index is 2.11. The van der Waals surface area contributed by atoms with Crippen molar-refractivity contribution in [1.82, 2.24) is 15.3 Å². The number of nitrogens with one attached hydrogen (secondary N) is 1. The van der Waals surface area contributed by atoms with E-state index in [4.69, 9.17) is 11.6 Å². The molecule has 1 aliphatic rings. The summed E-state index contributed by atoms with van der Waals surface area (Å²) >= 11 is 5.98. The molecule has 1 N–H and O–H groups in total. The van der Waals surface area contributed by atoms with Crippen molar-refractivity contribution in [2.45, 2.75) is 18.8 Å². The fraction of sp³-hybridized carbons (Fsp3) is 0.385. The van der Waals surface area contributed by atoms with Crippen molar-refractivity contribution >= 4 is 22.4 Å². The molecular formula is C13H14ClN3. The third kappa shape index (κ3) is 2.13. The van der Waals surface area contributed by atoms with Crippen molar-refractivity contribution in [3.63, 3.8) is 0 Å². The van der Waals surface area contributed by atoms with Gasteiger partial charge in [-0.1, -0.05) is 11.6 Å². The molecule has 2 aromatic rings. The summed E-state index contributed by atoms with van der Waals surface area (Å²) in [6.45, 7) is 2.12. The summed E-state index contributed by atoms with van der Waals surface area (Å²) in [5.41, 5.74) is 1.15. The van der Waals surface area contributed by atoms with Crippen LogP contribution in [-0.4, -0.2) is 23.1 Å². The van der Waals surface area contributed by atoms with E-state index in [1.165, 1.54) is 12.8 Å². The number of rotatable bonds is 1. The van der Waals surface area contributed by atoms with Gasteiger partial charge in [0.25, 0.3) is 0 Å². The van der Waals surface area contributed by atoms with Crippen molar-refractivity contribution < 1.29 is 0 Å². The highest BCUT2D eigenvalue weighted by molar-refractivity contribution is 6.30. The fourth-order valence-corrected chi connectivity index (χ4v) is 2.63. The Morgan fingerprint density at radius 1 is 1.35 bits per heavy atom. The summed E-state index contributed by atoms with van der Waals surface area (Å²) in [7, 11) is 0. The van der Waals surface area contributed by atoms with Crippen LogP contribution in [0.15, 0.2) is 24.5 Å². The molecule has 1 aliphatic heterocycles. The minimum absolute atomic E-state index is 0.492. The fourth-order valence-electron chi connectivity index (χ4n) is 2.47. The van der Waals surface area contributed by atoms with Gasteiger partial charge in [-0.2, -0.15) is 0 Å². The average molecular weight is 248 g/mol. The summed E-state index contributed by atoms with van der Waals surface area (Å²) < 4.78 is 0. The first-order valence-electron chi connectivity index (χ1n) is 5.95. The van der Waals surface area contributed by atoms with E-state index in [9.17, 15) is 0 Å². The van der Waals surface area contributed by atoms with E-state index in [1.807, 2.05) is 24.5 Å². The molecule has 0 amide bonds. The van der Waals surface area contributed by atoms with Crippen LogP contribution < -0.4 is 5.32 Å². The van der Waals surface area contributed by atoms with E-state index in [1.54, 1.807) is 0 Å². The van der Waals surface area contributed by atoms with Crippen LogP contribution in [-0.2, 0) is 0 Å². The first kappa shape index (κ1) is 10.9. The van der Waals surface area contributed by atoms with E-state index in [0.717, 1.165) is 29.6 Å². The van der Waals surface area contributed by atoms with Crippen LogP contribution in [0.5, 0.6) is 0 Å². The molecule has 1 fully saturated rings. The second-order valence-corrected chi connectivity index (χ2v) is 4.85. The van der Waals surface area contributed by atoms with E-state index in [2.05, 4.69) is 15.3 Å². The van der Waals surface area contributed by atoms with Crippen molar-refractivity contribution in [2.75, 3.05) is 13.1 Å². The minimum atomic E-state index is 0.492. The molecule has 1 atom stereocenters. The molecule has 3 heterocycles. The maximum atomic E-state index is 5.98. The maximum Gasteiger partial charge on any atom is 0.129 e. The first-order chi connectivity index (χ1) is 8.34. The Labute approximate surface area is 105 Å². The number of piperidine rings is 1. The Morgan fingerprint density at radius 2 is 2.29 bits per heavy atom. The minimum Gasteiger partial charge on any atom is -0.316 e. The second-order valence-electron chi connectivity index (χ2n) is 4.47.